The van der Waals surface area contributed by atoms with Crippen LogP contribution in [0.15, 0.2) is 81.4 Å². The van der Waals surface area contributed by atoms with Gasteiger partial charge in [0.1, 0.15) is 0 Å². The summed E-state index contributed by atoms with van der Waals surface area (Å²) < 4.78 is 80.1. The van der Waals surface area contributed by atoms with E-state index < -0.39 is 34.4 Å². The van der Waals surface area contributed by atoms with E-state index in [2.05, 4.69) is 0 Å². The van der Waals surface area contributed by atoms with Crippen LogP contribution in [0, 0.1) is 13.8 Å². The average molecular weight is 427 g/mol. The molecule has 0 unspecified atom stereocenters. The third kappa shape index (κ3) is 4.96. The van der Waals surface area contributed by atoms with Gasteiger partial charge in [-0.25, -0.2) is 0 Å². The summed E-state index contributed by atoms with van der Waals surface area (Å²) in [5.41, 5.74) is -0.722. The second-order valence-electron chi connectivity index (χ2n) is 6.67. The first kappa shape index (κ1) is 21.3. The molecule has 7 heteroatoms. The molecule has 3 aromatic rings. The van der Waals surface area contributed by atoms with E-state index in [1.54, 1.807) is 48.5 Å². The average Bonchev–Trinajstić information content (AvgIpc) is 2.63. The van der Waals surface area contributed by atoms with E-state index in [4.69, 9.17) is 0 Å². The van der Waals surface area contributed by atoms with Crippen LogP contribution in [0.1, 0.15) is 22.3 Å². The summed E-state index contributed by atoms with van der Waals surface area (Å²) in [6.07, 6.45) is -9.77. The Labute approximate surface area is 167 Å². The van der Waals surface area contributed by atoms with Crippen LogP contribution in [-0.4, -0.2) is 0 Å². The minimum atomic E-state index is -4.88. The van der Waals surface area contributed by atoms with Crippen LogP contribution >= 0.6 is 0 Å². The SMILES string of the molecule is Cc1ccc([S+](c2ccc(C)cc2)c2cc(C(F)(F)F)cc(C(F)(F)F)c2)cc1. The zero-order chi connectivity index (χ0) is 21.4. The van der Waals surface area contributed by atoms with Gasteiger partial charge < -0.3 is 0 Å². The van der Waals surface area contributed by atoms with Crippen molar-refractivity contribution in [1.29, 1.82) is 0 Å². The highest BCUT2D eigenvalue weighted by Crippen LogP contribution is 2.40. The van der Waals surface area contributed by atoms with Crippen molar-refractivity contribution >= 4 is 10.9 Å². The predicted octanol–water partition coefficient (Wildman–Crippen LogP) is 7.44. The molecule has 0 saturated heterocycles. The van der Waals surface area contributed by atoms with E-state index in [0.717, 1.165) is 23.3 Å². The Morgan fingerprint density at radius 1 is 0.517 bits per heavy atom. The molecule has 0 nitrogen and oxygen atoms in total. The highest BCUT2D eigenvalue weighted by Gasteiger charge is 2.40. The maximum Gasteiger partial charge on any atom is 0.416 e. The number of hydrogen-bond acceptors (Lipinski definition) is 0. The van der Waals surface area contributed by atoms with Gasteiger partial charge in [0.05, 0.1) is 22.0 Å². The number of benzene rings is 3. The van der Waals surface area contributed by atoms with Gasteiger partial charge in [-0.2, -0.15) is 26.3 Å². The highest BCUT2D eigenvalue weighted by molar-refractivity contribution is 7.97. The van der Waals surface area contributed by atoms with Gasteiger partial charge in [-0.15, -0.1) is 0 Å². The summed E-state index contributed by atoms with van der Waals surface area (Å²) in [7, 11) is -1.12. The van der Waals surface area contributed by atoms with Crippen molar-refractivity contribution < 1.29 is 26.3 Å². The molecule has 0 spiro atoms. The van der Waals surface area contributed by atoms with Crippen LogP contribution in [0.2, 0.25) is 0 Å². The quantitative estimate of drug-likeness (QED) is 0.301. The van der Waals surface area contributed by atoms with Crippen molar-refractivity contribution in [2.75, 3.05) is 0 Å². The number of hydrogen-bond donors (Lipinski definition) is 0. The van der Waals surface area contributed by atoms with Crippen molar-refractivity contribution in [3.05, 3.63) is 89.0 Å². The summed E-state index contributed by atoms with van der Waals surface area (Å²) in [5, 5.41) is 0. The maximum atomic E-state index is 13.3. The summed E-state index contributed by atoms with van der Waals surface area (Å²) in [4.78, 5) is 1.26. The molecule has 0 aliphatic carbocycles. The Hall–Kier alpha value is -2.41. The topological polar surface area (TPSA) is 0 Å². The smallest absolute Gasteiger partial charge is 0.166 e. The zero-order valence-corrected chi connectivity index (χ0v) is 16.3. The molecule has 0 atom stereocenters. The molecule has 0 aliphatic heterocycles. The lowest BCUT2D eigenvalue weighted by Crippen LogP contribution is -2.14. The first-order valence-electron chi connectivity index (χ1n) is 8.62. The summed E-state index contributed by atoms with van der Waals surface area (Å²) in [5.74, 6) is 0. The number of rotatable bonds is 3. The fourth-order valence-electron chi connectivity index (χ4n) is 2.80. The van der Waals surface area contributed by atoms with Crippen LogP contribution in [0.4, 0.5) is 26.3 Å². The van der Waals surface area contributed by atoms with E-state index in [0.29, 0.717) is 9.79 Å². The molecule has 3 rings (SSSR count). The minimum Gasteiger partial charge on any atom is -0.166 e. The van der Waals surface area contributed by atoms with Crippen LogP contribution in [0.25, 0.3) is 0 Å². The summed E-state index contributed by atoms with van der Waals surface area (Å²) in [6, 6.07) is 15.9. The third-order valence-electron chi connectivity index (χ3n) is 4.31. The van der Waals surface area contributed by atoms with Crippen LogP contribution in [0.3, 0.4) is 0 Å². The van der Waals surface area contributed by atoms with Crippen molar-refractivity contribution in [3.8, 4) is 0 Å². The molecule has 0 radical (unpaired) electrons. The molecular weight excluding hydrogens is 410 g/mol. The normalized spacial score (nSPS) is 12.4. The number of alkyl halides is 6. The van der Waals surface area contributed by atoms with Crippen molar-refractivity contribution in [1.82, 2.24) is 0 Å². The zero-order valence-electron chi connectivity index (χ0n) is 15.5. The standard InChI is InChI=1S/C22H17F6S/c1-14-3-7-18(8-4-14)29(19-9-5-15(2)6-10-19)20-12-16(21(23,24)25)11-17(13-20)22(26,27)28/h3-13H,1-2H3/q+1. The Bertz CT molecular complexity index is 908. The molecule has 0 heterocycles. The Balaban J connectivity index is 2.27. The van der Waals surface area contributed by atoms with Crippen molar-refractivity contribution in [2.45, 2.75) is 40.9 Å². The van der Waals surface area contributed by atoms with Crippen molar-refractivity contribution in [2.24, 2.45) is 0 Å². The lowest BCUT2D eigenvalue weighted by Gasteiger charge is -2.15. The van der Waals surface area contributed by atoms with E-state index in [9.17, 15) is 26.3 Å². The lowest BCUT2D eigenvalue weighted by atomic mass is 10.1. The molecule has 0 aliphatic rings. The van der Waals surface area contributed by atoms with Crippen LogP contribution < -0.4 is 0 Å². The van der Waals surface area contributed by atoms with Gasteiger partial charge in [-0.05, 0) is 44.2 Å². The summed E-state index contributed by atoms with van der Waals surface area (Å²) >= 11 is 0. The highest BCUT2D eigenvalue weighted by atomic mass is 32.2. The molecule has 0 bridgehead atoms. The second kappa shape index (κ2) is 7.78. The molecule has 3 aromatic carbocycles. The first-order valence-corrected chi connectivity index (χ1v) is 9.85. The van der Waals surface area contributed by atoms with Gasteiger partial charge in [0.25, 0.3) is 0 Å². The van der Waals surface area contributed by atoms with Gasteiger partial charge in [-0.3, -0.25) is 0 Å². The van der Waals surface area contributed by atoms with Gasteiger partial charge in [-0.1, -0.05) is 35.4 Å². The molecule has 0 saturated carbocycles. The summed E-state index contributed by atoms with van der Waals surface area (Å²) in [6.45, 7) is 3.72. The fourth-order valence-corrected chi connectivity index (χ4v) is 4.92. The van der Waals surface area contributed by atoms with E-state index in [-0.39, 0.29) is 11.0 Å². The molecular formula is C22H17F6S+. The molecule has 0 N–H and O–H groups in total. The van der Waals surface area contributed by atoms with Crippen LogP contribution in [0.5, 0.6) is 0 Å². The first-order chi connectivity index (χ1) is 13.4. The Kier molecular flexibility index (Phi) is 5.72. The van der Waals surface area contributed by atoms with E-state index >= 15 is 0 Å². The molecule has 0 amide bonds. The number of halogens is 6. The van der Waals surface area contributed by atoms with Gasteiger partial charge in [0.2, 0.25) is 0 Å². The molecule has 0 fully saturated rings. The monoisotopic (exact) mass is 427 g/mol. The van der Waals surface area contributed by atoms with Gasteiger partial charge in [0.15, 0.2) is 14.7 Å². The third-order valence-corrected chi connectivity index (χ3v) is 6.50. The van der Waals surface area contributed by atoms with E-state index in [1.807, 2.05) is 13.8 Å². The molecule has 29 heavy (non-hydrogen) atoms. The lowest BCUT2D eigenvalue weighted by molar-refractivity contribution is -0.143. The molecule has 152 valence electrons. The Morgan fingerprint density at radius 2 is 0.862 bits per heavy atom. The van der Waals surface area contributed by atoms with Gasteiger partial charge in [0, 0.05) is 12.1 Å². The minimum absolute atomic E-state index is 0.0279. The van der Waals surface area contributed by atoms with Crippen LogP contribution in [-0.2, 0) is 23.2 Å². The fraction of sp³-hybridized carbons (Fsp3) is 0.182. The van der Waals surface area contributed by atoms with Gasteiger partial charge >= 0.3 is 12.4 Å². The largest absolute Gasteiger partial charge is 0.416 e. The number of aryl methyl sites for hydroxylation is 2. The molecule has 0 aromatic heterocycles. The second-order valence-corrected chi connectivity index (χ2v) is 8.70. The Morgan fingerprint density at radius 3 is 1.17 bits per heavy atom. The van der Waals surface area contributed by atoms with Crippen molar-refractivity contribution in [3.63, 3.8) is 0 Å². The maximum absolute atomic E-state index is 13.3. The van der Waals surface area contributed by atoms with E-state index in [1.165, 1.54) is 0 Å². The predicted molar refractivity (Wildman–Crippen MR) is 101 cm³/mol.